The lowest BCUT2D eigenvalue weighted by atomic mass is 10.3. The molecular formula is C8H8BrN. The van der Waals surface area contributed by atoms with Gasteiger partial charge in [-0.25, -0.2) is 0 Å². The Labute approximate surface area is 68.9 Å². The van der Waals surface area contributed by atoms with Gasteiger partial charge in [-0.15, -0.1) is 6.58 Å². The molecule has 0 N–H and O–H groups in total. The summed E-state index contributed by atoms with van der Waals surface area (Å²) >= 11 is 3.39. The second-order valence-corrected chi connectivity index (χ2v) is 2.78. The number of pyridine rings is 1. The molecule has 0 spiro atoms. The van der Waals surface area contributed by atoms with Crippen LogP contribution in [0.2, 0.25) is 0 Å². The standard InChI is InChI=1S/C8H8BrN/c1-2-4-8-7(9)5-3-6-10-8/h2-3,5-6H,1,4H2. The molecule has 0 fully saturated rings. The molecule has 0 amide bonds. The first-order valence-electron chi connectivity index (χ1n) is 3.05. The average molecular weight is 198 g/mol. The highest BCUT2D eigenvalue weighted by atomic mass is 79.9. The van der Waals surface area contributed by atoms with Crippen LogP contribution in [-0.2, 0) is 6.42 Å². The molecule has 0 aliphatic carbocycles. The first-order chi connectivity index (χ1) is 4.84. The van der Waals surface area contributed by atoms with E-state index in [1.165, 1.54) is 0 Å². The van der Waals surface area contributed by atoms with Crippen LogP contribution in [0.15, 0.2) is 35.5 Å². The fourth-order valence-electron chi connectivity index (χ4n) is 0.705. The van der Waals surface area contributed by atoms with Gasteiger partial charge in [-0.05, 0) is 28.1 Å². The van der Waals surface area contributed by atoms with Crippen LogP contribution in [0.4, 0.5) is 0 Å². The minimum absolute atomic E-state index is 0.821. The predicted molar refractivity (Wildman–Crippen MR) is 45.8 cm³/mol. The third-order valence-corrected chi connectivity index (χ3v) is 1.89. The van der Waals surface area contributed by atoms with E-state index in [4.69, 9.17) is 0 Å². The first kappa shape index (κ1) is 7.48. The molecule has 10 heavy (non-hydrogen) atoms. The SMILES string of the molecule is C=CCc1ncccc1Br. The van der Waals surface area contributed by atoms with Gasteiger partial charge in [0.15, 0.2) is 0 Å². The molecule has 0 aliphatic heterocycles. The van der Waals surface area contributed by atoms with Crippen LogP contribution in [-0.4, -0.2) is 4.98 Å². The molecule has 0 saturated heterocycles. The predicted octanol–water partition coefficient (Wildman–Crippen LogP) is 2.57. The van der Waals surface area contributed by atoms with E-state index in [0.717, 1.165) is 16.6 Å². The van der Waals surface area contributed by atoms with Crippen LogP contribution in [0.3, 0.4) is 0 Å². The number of halogens is 1. The van der Waals surface area contributed by atoms with Gasteiger partial charge >= 0.3 is 0 Å². The van der Waals surface area contributed by atoms with Gasteiger partial charge in [-0.1, -0.05) is 6.08 Å². The van der Waals surface area contributed by atoms with E-state index >= 15 is 0 Å². The maximum atomic E-state index is 4.15. The molecule has 1 aromatic rings. The summed E-state index contributed by atoms with van der Waals surface area (Å²) in [5, 5.41) is 0. The van der Waals surface area contributed by atoms with Crippen molar-refractivity contribution in [3.05, 3.63) is 41.2 Å². The Morgan fingerprint density at radius 2 is 2.50 bits per heavy atom. The van der Waals surface area contributed by atoms with Crippen LogP contribution in [0, 0.1) is 0 Å². The van der Waals surface area contributed by atoms with Crippen molar-refractivity contribution in [2.75, 3.05) is 0 Å². The van der Waals surface area contributed by atoms with Crippen molar-refractivity contribution < 1.29 is 0 Å². The van der Waals surface area contributed by atoms with E-state index < -0.39 is 0 Å². The van der Waals surface area contributed by atoms with Gasteiger partial charge in [0.25, 0.3) is 0 Å². The molecular weight excluding hydrogens is 190 g/mol. The lowest BCUT2D eigenvalue weighted by Crippen LogP contribution is -1.86. The van der Waals surface area contributed by atoms with Gasteiger partial charge in [0.1, 0.15) is 0 Å². The summed E-state index contributed by atoms with van der Waals surface area (Å²) in [4.78, 5) is 4.15. The van der Waals surface area contributed by atoms with Gasteiger partial charge in [0.2, 0.25) is 0 Å². The van der Waals surface area contributed by atoms with E-state index in [1.54, 1.807) is 6.20 Å². The maximum absolute atomic E-state index is 4.15. The van der Waals surface area contributed by atoms with Crippen molar-refractivity contribution in [1.82, 2.24) is 4.98 Å². The van der Waals surface area contributed by atoms with Crippen LogP contribution >= 0.6 is 15.9 Å². The zero-order valence-electron chi connectivity index (χ0n) is 5.55. The van der Waals surface area contributed by atoms with Crippen molar-refractivity contribution in [2.24, 2.45) is 0 Å². The summed E-state index contributed by atoms with van der Waals surface area (Å²) in [6, 6.07) is 3.88. The maximum Gasteiger partial charge on any atom is 0.0582 e. The van der Waals surface area contributed by atoms with E-state index in [0.29, 0.717) is 0 Å². The number of aromatic nitrogens is 1. The zero-order valence-corrected chi connectivity index (χ0v) is 7.13. The Kier molecular flexibility index (Phi) is 2.63. The minimum atomic E-state index is 0.821. The second-order valence-electron chi connectivity index (χ2n) is 1.92. The van der Waals surface area contributed by atoms with Crippen molar-refractivity contribution in [1.29, 1.82) is 0 Å². The fourth-order valence-corrected chi connectivity index (χ4v) is 1.12. The van der Waals surface area contributed by atoms with Gasteiger partial charge in [0, 0.05) is 17.1 Å². The minimum Gasteiger partial charge on any atom is -0.260 e. The van der Waals surface area contributed by atoms with Gasteiger partial charge in [-0.2, -0.15) is 0 Å². The molecule has 0 bridgehead atoms. The van der Waals surface area contributed by atoms with E-state index in [1.807, 2.05) is 18.2 Å². The topological polar surface area (TPSA) is 12.9 Å². The van der Waals surface area contributed by atoms with Gasteiger partial charge in [-0.3, -0.25) is 4.98 Å². The number of allylic oxidation sites excluding steroid dienone is 1. The lowest BCUT2D eigenvalue weighted by molar-refractivity contribution is 1.10. The third-order valence-electron chi connectivity index (χ3n) is 1.17. The fraction of sp³-hybridized carbons (Fsp3) is 0.125. The molecule has 0 atom stereocenters. The molecule has 0 aliphatic rings. The zero-order chi connectivity index (χ0) is 7.40. The molecule has 2 heteroatoms. The molecule has 52 valence electrons. The van der Waals surface area contributed by atoms with Crippen molar-refractivity contribution >= 4 is 15.9 Å². The summed E-state index contributed by atoms with van der Waals surface area (Å²) in [5.74, 6) is 0. The summed E-state index contributed by atoms with van der Waals surface area (Å²) in [7, 11) is 0. The van der Waals surface area contributed by atoms with Crippen molar-refractivity contribution in [3.63, 3.8) is 0 Å². The van der Waals surface area contributed by atoms with Gasteiger partial charge in [0.05, 0.1) is 5.69 Å². The number of nitrogens with zero attached hydrogens (tertiary/aromatic N) is 1. The van der Waals surface area contributed by atoms with E-state index in [-0.39, 0.29) is 0 Å². The highest BCUT2D eigenvalue weighted by molar-refractivity contribution is 9.10. The third kappa shape index (κ3) is 1.67. The molecule has 1 heterocycles. The van der Waals surface area contributed by atoms with E-state index in [9.17, 15) is 0 Å². The molecule has 1 rings (SSSR count). The Hall–Kier alpha value is -0.630. The van der Waals surface area contributed by atoms with Crippen LogP contribution < -0.4 is 0 Å². The smallest absolute Gasteiger partial charge is 0.0582 e. The molecule has 0 aromatic carbocycles. The normalized spacial score (nSPS) is 9.30. The summed E-state index contributed by atoms with van der Waals surface area (Å²) < 4.78 is 1.05. The molecule has 1 aromatic heterocycles. The number of rotatable bonds is 2. The summed E-state index contributed by atoms with van der Waals surface area (Å²) in [5.41, 5.74) is 1.04. The van der Waals surface area contributed by atoms with Crippen molar-refractivity contribution in [2.45, 2.75) is 6.42 Å². The Morgan fingerprint density at radius 3 is 3.10 bits per heavy atom. The number of hydrogen-bond donors (Lipinski definition) is 0. The molecule has 1 nitrogen and oxygen atoms in total. The Morgan fingerprint density at radius 1 is 1.70 bits per heavy atom. The summed E-state index contributed by atoms with van der Waals surface area (Å²) in [6.07, 6.45) is 4.44. The largest absolute Gasteiger partial charge is 0.260 e. The van der Waals surface area contributed by atoms with Crippen LogP contribution in [0.5, 0.6) is 0 Å². The molecule has 0 unspecified atom stereocenters. The lowest BCUT2D eigenvalue weighted by Gasteiger charge is -1.96. The van der Waals surface area contributed by atoms with Gasteiger partial charge < -0.3 is 0 Å². The van der Waals surface area contributed by atoms with Crippen molar-refractivity contribution in [3.8, 4) is 0 Å². The molecule has 0 radical (unpaired) electrons. The highest BCUT2D eigenvalue weighted by Crippen LogP contribution is 2.13. The first-order valence-corrected chi connectivity index (χ1v) is 3.84. The average Bonchev–Trinajstić information content (AvgIpc) is 1.94. The van der Waals surface area contributed by atoms with Crippen LogP contribution in [0.25, 0.3) is 0 Å². The Bertz CT molecular complexity index is 232. The summed E-state index contributed by atoms with van der Waals surface area (Å²) in [6.45, 7) is 3.64. The second kappa shape index (κ2) is 3.52. The molecule has 0 saturated carbocycles. The monoisotopic (exact) mass is 197 g/mol. The quantitative estimate of drug-likeness (QED) is 0.665. The van der Waals surface area contributed by atoms with Crippen LogP contribution in [0.1, 0.15) is 5.69 Å². The highest BCUT2D eigenvalue weighted by Gasteiger charge is 1.94. The Balaban J connectivity index is 2.91. The number of hydrogen-bond acceptors (Lipinski definition) is 1. The van der Waals surface area contributed by atoms with E-state index in [2.05, 4.69) is 27.5 Å².